The minimum atomic E-state index is -0.109. The fourth-order valence-electron chi connectivity index (χ4n) is 8.40. The number of aryl methyl sites for hydroxylation is 1. The highest BCUT2D eigenvalue weighted by molar-refractivity contribution is 6.03. The van der Waals surface area contributed by atoms with E-state index >= 15 is 0 Å². The van der Waals surface area contributed by atoms with Gasteiger partial charge in [0.05, 0.1) is 57.1 Å². The molecule has 0 radical (unpaired) electrons. The third-order valence-electron chi connectivity index (χ3n) is 11.5. The molecule has 4 N–H and O–H groups in total. The number of carbonyl (C=O) groups excluding carboxylic acids is 2. The van der Waals surface area contributed by atoms with Crippen LogP contribution in [0.3, 0.4) is 0 Å². The van der Waals surface area contributed by atoms with E-state index in [2.05, 4.69) is 130 Å². The van der Waals surface area contributed by atoms with E-state index in [0.29, 0.717) is 37.9 Å². The van der Waals surface area contributed by atoms with Gasteiger partial charge in [0, 0.05) is 55.3 Å². The number of imidazole rings is 2. The van der Waals surface area contributed by atoms with Crippen molar-refractivity contribution in [1.82, 2.24) is 45.3 Å². The van der Waals surface area contributed by atoms with E-state index in [-0.39, 0.29) is 24.4 Å². The Balaban J connectivity index is 0.00000159. The Morgan fingerprint density at radius 3 is 1.96 bits per heavy atom. The number of amides is 3. The second kappa shape index (κ2) is 26.9. The molecule has 2 aromatic carbocycles. The fraction of sp³-hybridized carbons (Fsp3) is 0.491. The van der Waals surface area contributed by atoms with Crippen molar-refractivity contribution >= 4 is 29.0 Å². The van der Waals surface area contributed by atoms with Gasteiger partial charge in [0.15, 0.2) is 5.88 Å². The largest absolute Gasteiger partial charge is 0.483 e. The number of H-pyrrole nitrogens is 2. The predicted molar refractivity (Wildman–Crippen MR) is 281 cm³/mol. The average molecular weight is 932 g/mol. The quantitative estimate of drug-likeness (QED) is 0.0532. The first-order chi connectivity index (χ1) is 32.7. The van der Waals surface area contributed by atoms with Crippen LogP contribution in [0.25, 0.3) is 50.7 Å². The second-order valence-corrected chi connectivity index (χ2v) is 17.8. The molecule has 1 atom stereocenters. The number of allylic oxidation sites excluding steroid dienone is 2. The van der Waals surface area contributed by atoms with Gasteiger partial charge in [-0.3, -0.25) is 4.79 Å². The normalized spacial score (nSPS) is 12.9. The monoisotopic (exact) mass is 932 g/mol. The molecular weight excluding hydrogens is 851 g/mol. The van der Waals surface area contributed by atoms with E-state index in [1.807, 2.05) is 26.2 Å². The number of nitrogens with one attached hydrogen (secondary N) is 4. The zero-order valence-electron chi connectivity index (χ0n) is 43.5. The molecule has 5 aromatic rings. The number of unbranched alkanes of at least 4 members (excludes halogenated alkanes) is 1. The van der Waals surface area contributed by atoms with Crippen LogP contribution < -0.4 is 10.6 Å². The summed E-state index contributed by atoms with van der Waals surface area (Å²) in [6.07, 6.45) is 15.6. The summed E-state index contributed by atoms with van der Waals surface area (Å²) >= 11 is 0. The smallest absolute Gasteiger partial charge is 0.317 e. The van der Waals surface area contributed by atoms with Crippen LogP contribution in [-0.2, 0) is 22.6 Å². The molecule has 0 aliphatic heterocycles. The van der Waals surface area contributed by atoms with Gasteiger partial charge < -0.3 is 44.5 Å². The molecule has 0 spiro atoms. The van der Waals surface area contributed by atoms with E-state index in [9.17, 15) is 9.59 Å². The van der Waals surface area contributed by atoms with E-state index in [1.54, 1.807) is 23.9 Å². The maximum atomic E-state index is 13.1. The lowest BCUT2D eigenvalue weighted by atomic mass is 9.84. The number of carbonyl (C=O) groups is 2. The summed E-state index contributed by atoms with van der Waals surface area (Å²) in [4.78, 5) is 48.0. The minimum absolute atomic E-state index is 0.0652. The van der Waals surface area contributed by atoms with Gasteiger partial charge in [0.25, 0.3) is 0 Å². The standard InChI is InChI=1S/C49H65N9O4.2C3H8/c1-11-15-16-34(25-53-49(60)56(8)9)57(21-12-2)29-44-51-26-42(54-44)37-18-19-38(47-35(14-4)31(5)23-40(37)47)36-17-20-39(48-41(36)24-32(6)62-48)43-27-52-45(55-43)30-58(22-13-3)46(59)28-50-33(7)61-10;2*1-3-2/h16-20,23-24,26-27,35,50H,7,11-15,21-22,25,28-30H2,1-6,8-10H3,(H,51,54)(H,52,55)(H,53,60);2*3H2,1-2H3/b34-16-;;. The van der Waals surface area contributed by atoms with Crippen LogP contribution in [0.2, 0.25) is 0 Å². The van der Waals surface area contributed by atoms with E-state index < -0.39 is 0 Å². The molecular formula is C55H81N9O4. The number of benzene rings is 2. The summed E-state index contributed by atoms with van der Waals surface area (Å²) in [7, 11) is 5.03. The molecule has 3 aromatic heterocycles. The Morgan fingerprint density at radius 2 is 1.37 bits per heavy atom. The Kier molecular flexibility index (Phi) is 21.5. The topological polar surface area (TPSA) is 148 Å². The number of rotatable bonds is 21. The number of hydrogen-bond acceptors (Lipinski definition) is 8. The molecule has 3 heterocycles. The Labute approximate surface area is 406 Å². The van der Waals surface area contributed by atoms with Crippen molar-refractivity contribution in [2.75, 3.05) is 47.4 Å². The van der Waals surface area contributed by atoms with E-state index in [1.165, 1.54) is 42.2 Å². The van der Waals surface area contributed by atoms with Crippen LogP contribution in [0.1, 0.15) is 142 Å². The van der Waals surface area contributed by atoms with Gasteiger partial charge in [-0.05, 0) is 80.5 Å². The van der Waals surface area contributed by atoms with Crippen LogP contribution in [-0.4, -0.2) is 94.0 Å². The highest BCUT2D eigenvalue weighted by atomic mass is 16.5. The van der Waals surface area contributed by atoms with Gasteiger partial charge in [0.1, 0.15) is 23.0 Å². The molecule has 1 aliphatic rings. The molecule has 6 rings (SSSR count). The van der Waals surface area contributed by atoms with Gasteiger partial charge in [0.2, 0.25) is 5.91 Å². The molecule has 1 aliphatic carbocycles. The third-order valence-corrected chi connectivity index (χ3v) is 11.5. The minimum Gasteiger partial charge on any atom is -0.483 e. The summed E-state index contributed by atoms with van der Waals surface area (Å²) in [6.45, 7) is 28.1. The average Bonchev–Trinajstić information content (AvgIpc) is 4.14. The third kappa shape index (κ3) is 13.9. The first-order valence-corrected chi connectivity index (χ1v) is 24.8. The number of fused-ring (bicyclic) bond motifs is 2. The van der Waals surface area contributed by atoms with E-state index in [4.69, 9.17) is 19.1 Å². The Bertz CT molecular complexity index is 2470. The van der Waals surface area contributed by atoms with Gasteiger partial charge in [-0.1, -0.05) is 111 Å². The lowest BCUT2D eigenvalue weighted by Crippen LogP contribution is -2.38. The first kappa shape index (κ1) is 54.4. The van der Waals surface area contributed by atoms with Gasteiger partial charge in [-0.2, -0.15) is 0 Å². The summed E-state index contributed by atoms with van der Waals surface area (Å²) in [5.74, 6) is 2.94. The number of furan rings is 1. The van der Waals surface area contributed by atoms with Crippen LogP contribution in [0.15, 0.2) is 77.0 Å². The molecule has 0 fully saturated rings. The first-order valence-electron chi connectivity index (χ1n) is 24.8. The highest BCUT2D eigenvalue weighted by Crippen LogP contribution is 2.49. The molecule has 0 bridgehead atoms. The molecule has 0 saturated carbocycles. The number of urea groups is 1. The molecule has 13 heteroatoms. The van der Waals surface area contributed by atoms with Crippen molar-refractivity contribution in [3.8, 4) is 33.6 Å². The number of hydrogen-bond donors (Lipinski definition) is 4. The number of aromatic nitrogens is 4. The Hall–Kier alpha value is -6.24. The number of ether oxygens (including phenoxy) is 1. The van der Waals surface area contributed by atoms with E-state index in [0.717, 1.165) is 95.0 Å². The maximum absolute atomic E-state index is 13.1. The highest BCUT2D eigenvalue weighted by Gasteiger charge is 2.29. The van der Waals surface area contributed by atoms with Crippen molar-refractivity contribution in [3.63, 3.8) is 0 Å². The van der Waals surface area contributed by atoms with Crippen molar-refractivity contribution in [2.24, 2.45) is 0 Å². The zero-order chi connectivity index (χ0) is 49.9. The molecule has 370 valence electrons. The van der Waals surface area contributed by atoms with Crippen LogP contribution in [0.4, 0.5) is 4.79 Å². The maximum Gasteiger partial charge on any atom is 0.317 e. The van der Waals surface area contributed by atoms with Gasteiger partial charge in [-0.15, -0.1) is 0 Å². The SMILES string of the molecule is C=C(NCC(=O)N(CCC)Cc1ncc(-c2ccc(-c3ccc(-c4cnc(CN(CCC)/C(=C\CCC)CNC(=O)N(C)C)[nH]4)c4c3C(CC)C(C)=C4)c3cc(C)oc23)[nH]1)OC.CCC.CCC. The summed E-state index contributed by atoms with van der Waals surface area (Å²) in [6, 6.07) is 10.8. The van der Waals surface area contributed by atoms with Gasteiger partial charge >= 0.3 is 6.03 Å². The molecule has 1 unspecified atom stereocenters. The van der Waals surface area contributed by atoms with Gasteiger partial charge in [-0.25, -0.2) is 14.8 Å². The Morgan fingerprint density at radius 1 is 0.794 bits per heavy atom. The molecule has 13 nitrogen and oxygen atoms in total. The number of methoxy groups -OCH3 is 1. The zero-order valence-corrected chi connectivity index (χ0v) is 43.5. The van der Waals surface area contributed by atoms with Crippen molar-refractivity contribution in [1.29, 1.82) is 0 Å². The summed E-state index contributed by atoms with van der Waals surface area (Å²) < 4.78 is 11.5. The second-order valence-electron chi connectivity index (χ2n) is 17.8. The fourth-order valence-corrected chi connectivity index (χ4v) is 8.40. The lowest BCUT2D eigenvalue weighted by molar-refractivity contribution is -0.131. The molecule has 3 amide bonds. The predicted octanol–water partition coefficient (Wildman–Crippen LogP) is 12.5. The number of aromatic amines is 2. The molecule has 0 saturated heterocycles. The summed E-state index contributed by atoms with van der Waals surface area (Å²) in [5.41, 5.74) is 11.9. The van der Waals surface area contributed by atoms with Crippen LogP contribution >= 0.6 is 0 Å². The van der Waals surface area contributed by atoms with Crippen molar-refractivity contribution < 1.29 is 18.7 Å². The lowest BCUT2D eigenvalue weighted by Gasteiger charge is -2.27. The molecule has 68 heavy (non-hydrogen) atoms. The van der Waals surface area contributed by atoms with Crippen molar-refractivity contribution in [2.45, 2.75) is 133 Å². The van der Waals surface area contributed by atoms with Crippen LogP contribution in [0.5, 0.6) is 0 Å². The summed E-state index contributed by atoms with van der Waals surface area (Å²) in [5, 5.41) is 7.02. The number of nitrogens with zero attached hydrogens (tertiary/aromatic N) is 5. The van der Waals surface area contributed by atoms with Crippen LogP contribution in [0, 0.1) is 6.92 Å². The van der Waals surface area contributed by atoms with Crippen molar-refractivity contribution in [3.05, 3.63) is 101 Å².